The molecule has 1 fully saturated rings. The van der Waals surface area contributed by atoms with Crippen LogP contribution in [0.3, 0.4) is 0 Å². The summed E-state index contributed by atoms with van der Waals surface area (Å²) >= 11 is 0. The number of aromatic nitrogens is 2. The maximum absolute atomic E-state index is 15.0. The van der Waals surface area contributed by atoms with Crippen LogP contribution < -0.4 is 20.1 Å². The van der Waals surface area contributed by atoms with Crippen molar-refractivity contribution in [2.75, 3.05) is 17.2 Å². The summed E-state index contributed by atoms with van der Waals surface area (Å²) in [6.45, 7) is 12.3. The number of ether oxygens (including phenoxy) is 1. The minimum absolute atomic E-state index is 0. The standard InChI is InChI=1S/C23H32FN5O4S.H2/c1-13(2)15(4)33-22-17(24)10-16(20(27-22)29-12-14(3)11-23(29,5)6)21(30)28-34(31,32)19-9-7-8-18(25)26-19;/h7-10,13-15H,11-12H2,1-6H3,(H2,25,26)(H,28,30);1H. The molecular weight excluding hydrogens is 461 g/mol. The molecule has 3 N–H and O–H groups in total. The maximum atomic E-state index is 15.0. The SMILES string of the molecule is CC1CN(c2nc(OC(C)C(C)C)c(F)cc2C(=O)NS(=O)(=O)c2cccc(N)n2)C(C)(C)C1.[HH]. The fourth-order valence-corrected chi connectivity index (χ4v) is 4.94. The maximum Gasteiger partial charge on any atom is 0.281 e. The highest BCUT2D eigenvalue weighted by atomic mass is 32.2. The van der Waals surface area contributed by atoms with Gasteiger partial charge in [0.1, 0.15) is 17.7 Å². The van der Waals surface area contributed by atoms with E-state index in [9.17, 15) is 13.2 Å². The average Bonchev–Trinajstić information content (AvgIpc) is 3.00. The largest absolute Gasteiger partial charge is 0.472 e. The second kappa shape index (κ2) is 9.36. The molecule has 0 spiro atoms. The molecule has 0 saturated carbocycles. The minimum atomic E-state index is -4.35. The molecule has 1 aliphatic heterocycles. The van der Waals surface area contributed by atoms with Crippen molar-refractivity contribution in [1.82, 2.24) is 14.7 Å². The zero-order chi connectivity index (χ0) is 25.4. The van der Waals surface area contributed by atoms with E-state index in [0.717, 1.165) is 12.5 Å². The Morgan fingerprint density at radius 1 is 1.32 bits per heavy atom. The lowest BCUT2D eigenvalue weighted by Crippen LogP contribution is -2.41. The van der Waals surface area contributed by atoms with Crippen LogP contribution >= 0.6 is 0 Å². The zero-order valence-corrected chi connectivity index (χ0v) is 21.1. The van der Waals surface area contributed by atoms with Crippen LogP contribution in [0.25, 0.3) is 0 Å². The first-order chi connectivity index (χ1) is 15.7. The number of hydrogen-bond donors (Lipinski definition) is 2. The number of sulfonamides is 1. The number of pyridine rings is 2. The summed E-state index contributed by atoms with van der Waals surface area (Å²) in [4.78, 5) is 23.2. The topological polar surface area (TPSA) is 128 Å². The number of halogens is 1. The number of nitrogens with one attached hydrogen (secondary N) is 1. The molecule has 2 aromatic rings. The molecule has 2 unspecified atom stereocenters. The summed E-state index contributed by atoms with van der Waals surface area (Å²) in [5.41, 5.74) is 4.97. The average molecular weight is 496 g/mol. The molecule has 2 atom stereocenters. The Kier molecular flexibility index (Phi) is 7.07. The van der Waals surface area contributed by atoms with Crippen molar-refractivity contribution < 1.29 is 23.8 Å². The molecule has 1 saturated heterocycles. The smallest absolute Gasteiger partial charge is 0.281 e. The Hall–Kier alpha value is -2.95. The zero-order valence-electron chi connectivity index (χ0n) is 20.3. The minimum Gasteiger partial charge on any atom is -0.472 e. The van der Waals surface area contributed by atoms with Crippen LogP contribution in [0.4, 0.5) is 16.0 Å². The van der Waals surface area contributed by atoms with Crippen molar-refractivity contribution in [2.45, 2.75) is 64.6 Å². The number of nitrogen functional groups attached to an aromatic ring is 1. The van der Waals surface area contributed by atoms with Crippen molar-refractivity contribution in [2.24, 2.45) is 11.8 Å². The van der Waals surface area contributed by atoms with Crippen LogP contribution in [-0.2, 0) is 10.0 Å². The Labute approximate surface area is 201 Å². The number of nitrogens with two attached hydrogens (primary N) is 1. The Bertz CT molecular complexity index is 1190. The quantitative estimate of drug-likeness (QED) is 0.596. The predicted molar refractivity (Wildman–Crippen MR) is 130 cm³/mol. The third-order valence-corrected chi connectivity index (χ3v) is 7.21. The van der Waals surface area contributed by atoms with Crippen LogP contribution in [0.5, 0.6) is 5.88 Å². The molecule has 0 aliphatic carbocycles. The number of anilines is 2. The lowest BCUT2D eigenvalue weighted by molar-refractivity contribution is 0.0980. The van der Waals surface area contributed by atoms with Crippen LogP contribution in [0.15, 0.2) is 29.3 Å². The summed E-state index contributed by atoms with van der Waals surface area (Å²) < 4.78 is 48.2. The summed E-state index contributed by atoms with van der Waals surface area (Å²) in [5, 5.41) is -0.420. The van der Waals surface area contributed by atoms with Gasteiger partial charge in [0, 0.05) is 13.5 Å². The number of carbonyl (C=O) groups is 1. The summed E-state index contributed by atoms with van der Waals surface area (Å²) in [6, 6.07) is 5.01. The fraction of sp³-hybridized carbons (Fsp3) is 0.522. The molecule has 34 heavy (non-hydrogen) atoms. The van der Waals surface area contributed by atoms with Gasteiger partial charge in [0.05, 0.1) is 5.56 Å². The number of nitrogens with zero attached hydrogens (tertiary/aromatic N) is 3. The molecule has 0 bridgehead atoms. The predicted octanol–water partition coefficient (Wildman–Crippen LogP) is 3.61. The van der Waals surface area contributed by atoms with E-state index in [4.69, 9.17) is 10.5 Å². The first-order valence-corrected chi connectivity index (χ1v) is 12.6. The molecule has 3 heterocycles. The molecule has 9 nitrogen and oxygen atoms in total. The summed E-state index contributed by atoms with van der Waals surface area (Å²) in [6.07, 6.45) is 0.493. The van der Waals surface area contributed by atoms with Gasteiger partial charge in [0.25, 0.3) is 21.8 Å². The van der Waals surface area contributed by atoms with E-state index in [1.165, 1.54) is 18.2 Å². The van der Waals surface area contributed by atoms with Gasteiger partial charge in [-0.1, -0.05) is 26.8 Å². The number of hydrogen-bond acceptors (Lipinski definition) is 8. The van der Waals surface area contributed by atoms with Gasteiger partial charge in [-0.3, -0.25) is 4.79 Å². The second-order valence-electron chi connectivity index (χ2n) is 9.78. The van der Waals surface area contributed by atoms with E-state index in [-0.39, 0.29) is 42.4 Å². The van der Waals surface area contributed by atoms with Crippen LogP contribution in [0.2, 0.25) is 0 Å². The van der Waals surface area contributed by atoms with Gasteiger partial charge in [0.2, 0.25) is 0 Å². The first-order valence-electron chi connectivity index (χ1n) is 11.2. The van der Waals surface area contributed by atoms with Gasteiger partial charge in [-0.25, -0.2) is 14.1 Å². The van der Waals surface area contributed by atoms with E-state index in [1.54, 1.807) is 6.92 Å². The molecule has 1 amide bonds. The van der Waals surface area contributed by atoms with E-state index in [2.05, 4.69) is 16.9 Å². The van der Waals surface area contributed by atoms with Gasteiger partial charge < -0.3 is 15.4 Å². The normalized spacial score (nSPS) is 18.7. The van der Waals surface area contributed by atoms with Crippen molar-refractivity contribution >= 4 is 27.6 Å². The first kappa shape index (κ1) is 25.7. The molecule has 0 radical (unpaired) electrons. The van der Waals surface area contributed by atoms with Crippen LogP contribution in [-0.4, -0.2) is 42.5 Å². The van der Waals surface area contributed by atoms with Crippen molar-refractivity contribution in [3.63, 3.8) is 0 Å². The van der Waals surface area contributed by atoms with Crippen LogP contribution in [0.1, 0.15) is 59.7 Å². The van der Waals surface area contributed by atoms with E-state index in [1.807, 2.05) is 37.3 Å². The van der Waals surface area contributed by atoms with Gasteiger partial charge in [0.15, 0.2) is 10.8 Å². The van der Waals surface area contributed by atoms with E-state index in [0.29, 0.717) is 6.54 Å². The Morgan fingerprint density at radius 2 is 2.00 bits per heavy atom. The number of rotatable bonds is 7. The molecule has 188 valence electrons. The van der Waals surface area contributed by atoms with Gasteiger partial charge in [-0.05, 0) is 57.2 Å². The second-order valence-corrected chi connectivity index (χ2v) is 11.4. The number of carbonyl (C=O) groups excluding carboxylic acids is 1. The molecule has 1 aliphatic rings. The van der Waals surface area contributed by atoms with Crippen molar-refractivity contribution in [1.29, 1.82) is 0 Å². The number of amides is 1. The fourth-order valence-electron chi connectivity index (χ4n) is 4.00. The Morgan fingerprint density at radius 3 is 2.56 bits per heavy atom. The molecule has 2 aromatic heterocycles. The molecule has 11 heteroatoms. The third-order valence-electron chi connectivity index (χ3n) is 5.98. The lowest BCUT2D eigenvalue weighted by Gasteiger charge is -2.34. The van der Waals surface area contributed by atoms with Gasteiger partial charge >= 0.3 is 0 Å². The monoisotopic (exact) mass is 495 g/mol. The highest BCUT2D eigenvalue weighted by Gasteiger charge is 2.40. The summed E-state index contributed by atoms with van der Waals surface area (Å²) in [5.74, 6) is -1.57. The highest BCUT2D eigenvalue weighted by molar-refractivity contribution is 7.90. The van der Waals surface area contributed by atoms with Gasteiger partial charge in [-0.15, -0.1) is 0 Å². The molecule has 3 rings (SSSR count). The van der Waals surface area contributed by atoms with Crippen molar-refractivity contribution in [3.05, 3.63) is 35.6 Å². The van der Waals surface area contributed by atoms with E-state index < -0.39 is 32.3 Å². The van der Waals surface area contributed by atoms with Crippen molar-refractivity contribution in [3.8, 4) is 5.88 Å². The van der Waals surface area contributed by atoms with E-state index >= 15 is 4.39 Å². The lowest BCUT2D eigenvalue weighted by atomic mass is 9.97. The molecular formula is C23H34FN5O4S. The van der Waals surface area contributed by atoms with Crippen LogP contribution in [0, 0.1) is 17.7 Å². The highest BCUT2D eigenvalue weighted by Crippen LogP contribution is 2.39. The Balaban J connectivity index is 0.00000432. The van der Waals surface area contributed by atoms with Gasteiger partial charge in [-0.2, -0.15) is 13.4 Å². The molecule has 0 aromatic carbocycles. The third kappa shape index (κ3) is 5.40. The summed E-state index contributed by atoms with van der Waals surface area (Å²) in [7, 11) is -4.35.